The lowest BCUT2D eigenvalue weighted by Gasteiger charge is -2.20. The van der Waals surface area contributed by atoms with Crippen molar-refractivity contribution >= 4 is 11.9 Å². The van der Waals surface area contributed by atoms with Crippen molar-refractivity contribution in [2.45, 2.75) is 33.7 Å². The molecule has 98 valence electrons. The van der Waals surface area contributed by atoms with Crippen molar-refractivity contribution < 1.29 is 19.8 Å². The van der Waals surface area contributed by atoms with E-state index >= 15 is 0 Å². The zero-order valence-electron chi connectivity index (χ0n) is 10.7. The molecule has 1 fully saturated rings. The predicted octanol–water partition coefficient (Wildman–Crippen LogP) is 0.476. The zero-order chi connectivity index (χ0) is 13.4. The minimum Gasteiger partial charge on any atom is -0.481 e. The Morgan fingerprint density at radius 3 is 2.12 bits per heavy atom. The largest absolute Gasteiger partial charge is 0.481 e. The molecule has 5 heteroatoms. The fourth-order valence-corrected chi connectivity index (χ4v) is 2.28. The number of rotatable bonds is 5. The van der Waals surface area contributed by atoms with Crippen molar-refractivity contribution in [2.24, 2.45) is 23.2 Å². The molecule has 1 saturated carbocycles. The number of carbonyl (C=O) groups excluding carboxylic acids is 1. The first-order valence-corrected chi connectivity index (χ1v) is 5.87. The Labute approximate surface area is 101 Å². The van der Waals surface area contributed by atoms with E-state index in [-0.39, 0.29) is 24.5 Å². The number of nitrogens with one attached hydrogen (secondary N) is 1. The van der Waals surface area contributed by atoms with Crippen LogP contribution in [-0.4, -0.2) is 34.7 Å². The minimum atomic E-state index is -0.930. The third-order valence-electron chi connectivity index (χ3n) is 3.70. The van der Waals surface area contributed by atoms with Crippen molar-refractivity contribution in [3.63, 3.8) is 0 Å². The van der Waals surface area contributed by atoms with Gasteiger partial charge < -0.3 is 15.5 Å². The van der Waals surface area contributed by atoms with Crippen LogP contribution in [-0.2, 0) is 9.59 Å². The molecule has 0 saturated heterocycles. The standard InChI is InChI=1S/C12H21NO4/c1-6(2)7(5-14)13-10(15)8-9(11(16)17)12(8,3)4/h6-9,14H,5H2,1-4H3,(H,13,15)(H,16,17)/t7-,8?,9?/m1/s1. The third-order valence-corrected chi connectivity index (χ3v) is 3.70. The lowest BCUT2D eigenvalue weighted by Crippen LogP contribution is -2.42. The number of aliphatic carboxylic acids is 1. The summed E-state index contributed by atoms with van der Waals surface area (Å²) in [6, 6.07) is -0.312. The summed E-state index contributed by atoms with van der Waals surface area (Å²) >= 11 is 0. The Hall–Kier alpha value is -1.10. The smallest absolute Gasteiger partial charge is 0.307 e. The Morgan fingerprint density at radius 2 is 1.82 bits per heavy atom. The van der Waals surface area contributed by atoms with Gasteiger partial charge in [0.2, 0.25) is 5.91 Å². The Morgan fingerprint density at radius 1 is 1.29 bits per heavy atom. The van der Waals surface area contributed by atoms with Crippen LogP contribution in [0.3, 0.4) is 0 Å². The number of carboxylic acid groups (broad SMARTS) is 1. The molecule has 1 amide bonds. The van der Waals surface area contributed by atoms with E-state index in [1.165, 1.54) is 0 Å². The molecule has 0 aromatic heterocycles. The molecule has 3 N–H and O–H groups in total. The summed E-state index contributed by atoms with van der Waals surface area (Å²) < 4.78 is 0. The molecule has 0 spiro atoms. The summed E-state index contributed by atoms with van der Waals surface area (Å²) in [5.74, 6) is -2.19. The van der Waals surface area contributed by atoms with Crippen LogP contribution in [0.1, 0.15) is 27.7 Å². The van der Waals surface area contributed by atoms with Gasteiger partial charge in [0, 0.05) is 0 Å². The first kappa shape index (κ1) is 14.0. The highest BCUT2D eigenvalue weighted by Gasteiger charge is 2.65. The topological polar surface area (TPSA) is 86.6 Å². The van der Waals surface area contributed by atoms with Crippen molar-refractivity contribution in [3.05, 3.63) is 0 Å². The molecular weight excluding hydrogens is 222 g/mol. The molecule has 0 aliphatic heterocycles. The van der Waals surface area contributed by atoms with E-state index in [1.807, 2.05) is 13.8 Å². The molecule has 1 aliphatic rings. The lowest BCUT2D eigenvalue weighted by molar-refractivity contribution is -0.140. The van der Waals surface area contributed by atoms with E-state index in [2.05, 4.69) is 5.32 Å². The van der Waals surface area contributed by atoms with Gasteiger partial charge >= 0.3 is 5.97 Å². The van der Waals surface area contributed by atoms with Crippen molar-refractivity contribution in [1.82, 2.24) is 5.32 Å². The third kappa shape index (κ3) is 2.60. The number of carboxylic acids is 1. The molecule has 0 aromatic rings. The van der Waals surface area contributed by atoms with E-state index in [9.17, 15) is 9.59 Å². The summed E-state index contributed by atoms with van der Waals surface area (Å²) in [7, 11) is 0. The maximum Gasteiger partial charge on any atom is 0.307 e. The van der Waals surface area contributed by atoms with Gasteiger partial charge in [0.1, 0.15) is 0 Å². The quantitative estimate of drug-likeness (QED) is 0.655. The van der Waals surface area contributed by atoms with Crippen LogP contribution in [0.2, 0.25) is 0 Å². The number of aliphatic hydroxyl groups is 1. The summed E-state index contributed by atoms with van der Waals surface area (Å²) in [6.45, 7) is 7.22. The van der Waals surface area contributed by atoms with Gasteiger partial charge in [-0.1, -0.05) is 27.7 Å². The zero-order valence-corrected chi connectivity index (χ0v) is 10.7. The second-order valence-electron chi connectivity index (χ2n) is 5.66. The second kappa shape index (κ2) is 4.64. The van der Waals surface area contributed by atoms with Crippen molar-refractivity contribution in [2.75, 3.05) is 6.61 Å². The van der Waals surface area contributed by atoms with E-state index in [0.29, 0.717) is 0 Å². The van der Waals surface area contributed by atoms with Gasteiger partial charge in [-0.05, 0) is 11.3 Å². The Kier molecular flexibility index (Phi) is 3.81. The minimum absolute atomic E-state index is 0.120. The van der Waals surface area contributed by atoms with Crippen molar-refractivity contribution in [1.29, 1.82) is 0 Å². The SMILES string of the molecule is CC(C)[C@@H](CO)NC(=O)C1C(C(=O)O)C1(C)C. The maximum absolute atomic E-state index is 11.9. The fourth-order valence-electron chi connectivity index (χ4n) is 2.28. The molecule has 3 atom stereocenters. The van der Waals surface area contributed by atoms with Gasteiger partial charge in [0.15, 0.2) is 0 Å². The highest BCUT2D eigenvalue weighted by atomic mass is 16.4. The molecule has 17 heavy (non-hydrogen) atoms. The molecule has 1 aliphatic carbocycles. The van der Waals surface area contributed by atoms with Crippen LogP contribution in [0, 0.1) is 23.2 Å². The van der Waals surface area contributed by atoms with Gasteiger partial charge in [-0.15, -0.1) is 0 Å². The van der Waals surface area contributed by atoms with Crippen LogP contribution in [0.15, 0.2) is 0 Å². The number of carbonyl (C=O) groups is 2. The molecule has 0 heterocycles. The number of hydrogen-bond acceptors (Lipinski definition) is 3. The average Bonchev–Trinajstić information content (AvgIpc) is 2.77. The van der Waals surface area contributed by atoms with E-state index in [0.717, 1.165) is 0 Å². The monoisotopic (exact) mass is 243 g/mol. The molecule has 5 nitrogen and oxygen atoms in total. The predicted molar refractivity (Wildman–Crippen MR) is 62.3 cm³/mol. The highest BCUT2D eigenvalue weighted by Crippen LogP contribution is 2.58. The summed E-state index contributed by atoms with van der Waals surface area (Å²) in [4.78, 5) is 22.9. The van der Waals surface area contributed by atoms with Crippen LogP contribution in [0.25, 0.3) is 0 Å². The van der Waals surface area contributed by atoms with Gasteiger partial charge in [-0.3, -0.25) is 9.59 Å². The van der Waals surface area contributed by atoms with E-state index < -0.39 is 23.2 Å². The molecule has 0 aromatic carbocycles. The Balaban J connectivity index is 2.64. The van der Waals surface area contributed by atoms with Crippen molar-refractivity contribution in [3.8, 4) is 0 Å². The number of hydrogen-bond donors (Lipinski definition) is 3. The molecule has 0 radical (unpaired) electrons. The number of amides is 1. The van der Waals surface area contributed by atoms with Crippen LogP contribution in [0.4, 0.5) is 0 Å². The van der Waals surface area contributed by atoms with Crippen LogP contribution >= 0.6 is 0 Å². The molecular formula is C12H21NO4. The summed E-state index contributed by atoms with van der Waals surface area (Å²) in [5.41, 5.74) is -0.493. The summed E-state index contributed by atoms with van der Waals surface area (Å²) in [5, 5.41) is 20.8. The normalized spacial score (nSPS) is 27.6. The van der Waals surface area contributed by atoms with Crippen LogP contribution < -0.4 is 5.32 Å². The van der Waals surface area contributed by atoms with Gasteiger partial charge in [0.25, 0.3) is 0 Å². The van der Waals surface area contributed by atoms with Gasteiger partial charge in [-0.25, -0.2) is 0 Å². The highest BCUT2D eigenvalue weighted by molar-refractivity contribution is 5.91. The Bertz CT molecular complexity index is 324. The molecule has 1 rings (SSSR count). The molecule has 0 bridgehead atoms. The number of aliphatic hydroxyl groups excluding tert-OH is 1. The maximum atomic E-state index is 11.9. The fraction of sp³-hybridized carbons (Fsp3) is 0.833. The molecule has 2 unspecified atom stereocenters. The first-order chi connectivity index (χ1) is 7.73. The average molecular weight is 243 g/mol. The lowest BCUT2D eigenvalue weighted by atomic mass is 10.0. The van der Waals surface area contributed by atoms with Gasteiger partial charge in [-0.2, -0.15) is 0 Å². The first-order valence-electron chi connectivity index (χ1n) is 5.87. The van der Waals surface area contributed by atoms with E-state index in [4.69, 9.17) is 10.2 Å². The van der Waals surface area contributed by atoms with E-state index in [1.54, 1.807) is 13.8 Å². The van der Waals surface area contributed by atoms with Crippen LogP contribution in [0.5, 0.6) is 0 Å². The van der Waals surface area contributed by atoms with Gasteiger partial charge in [0.05, 0.1) is 24.5 Å². The second-order valence-corrected chi connectivity index (χ2v) is 5.66. The summed E-state index contributed by atoms with van der Waals surface area (Å²) in [6.07, 6.45) is 0.